The molecule has 3 fully saturated rings. The highest BCUT2D eigenvalue weighted by atomic mass is 16.6. The predicted molar refractivity (Wildman–Crippen MR) is 78.3 cm³/mol. The normalized spacial score (nSPS) is 33.3. The molecule has 2 saturated heterocycles. The minimum Gasteiger partial charge on any atom is -0.339 e. The Morgan fingerprint density at radius 1 is 0.950 bits per heavy atom. The van der Waals surface area contributed by atoms with Gasteiger partial charge in [0.05, 0.1) is 0 Å². The maximum Gasteiger partial charge on any atom is 0.254 e. The van der Waals surface area contributed by atoms with Gasteiger partial charge in [-0.3, -0.25) is 4.79 Å². The second-order valence-electron chi connectivity index (χ2n) is 8.35. The molecule has 3 aliphatic rings. The summed E-state index contributed by atoms with van der Waals surface area (Å²) in [6.45, 7) is 8.66. The van der Waals surface area contributed by atoms with E-state index in [4.69, 9.17) is 4.74 Å². The number of nitrogens with one attached hydrogen (secondary N) is 2. The number of rotatable bonds is 0. The quantitative estimate of drug-likeness (QED) is 0.716. The van der Waals surface area contributed by atoms with Gasteiger partial charge in [-0.15, -0.1) is 0 Å². The zero-order valence-corrected chi connectivity index (χ0v) is 13.3. The van der Waals surface area contributed by atoms with Crippen molar-refractivity contribution in [2.45, 2.75) is 95.0 Å². The van der Waals surface area contributed by atoms with Crippen LogP contribution in [0.15, 0.2) is 0 Å². The lowest BCUT2D eigenvalue weighted by Crippen LogP contribution is -2.65. The fourth-order valence-corrected chi connectivity index (χ4v) is 4.84. The van der Waals surface area contributed by atoms with E-state index in [1.54, 1.807) is 0 Å². The Morgan fingerprint density at radius 2 is 1.50 bits per heavy atom. The molecule has 0 atom stereocenters. The third-order valence-corrected chi connectivity index (χ3v) is 4.94. The van der Waals surface area contributed by atoms with Gasteiger partial charge in [0.15, 0.2) is 5.60 Å². The molecule has 4 nitrogen and oxygen atoms in total. The van der Waals surface area contributed by atoms with E-state index in [-0.39, 0.29) is 22.7 Å². The molecule has 1 saturated carbocycles. The zero-order chi connectivity index (χ0) is 14.6. The summed E-state index contributed by atoms with van der Waals surface area (Å²) in [6.07, 6.45) is 6.99. The topological polar surface area (TPSA) is 50.4 Å². The summed E-state index contributed by atoms with van der Waals surface area (Å²) in [7, 11) is 0. The fraction of sp³-hybridized carbons (Fsp3) is 0.938. The fourth-order valence-electron chi connectivity index (χ4n) is 4.84. The van der Waals surface area contributed by atoms with Gasteiger partial charge in [-0.05, 0) is 53.4 Å². The highest BCUT2D eigenvalue weighted by molar-refractivity contribution is 5.88. The van der Waals surface area contributed by atoms with Crippen LogP contribution in [0.3, 0.4) is 0 Å². The van der Waals surface area contributed by atoms with Crippen molar-refractivity contribution in [3.05, 3.63) is 0 Å². The molecule has 1 aliphatic carbocycles. The molecule has 1 amide bonds. The first kappa shape index (κ1) is 14.3. The first-order chi connectivity index (χ1) is 9.16. The van der Waals surface area contributed by atoms with E-state index >= 15 is 0 Å². The summed E-state index contributed by atoms with van der Waals surface area (Å²) < 4.78 is 6.50. The van der Waals surface area contributed by atoms with Crippen LogP contribution in [0.5, 0.6) is 0 Å². The molecule has 0 bridgehead atoms. The number of carbonyl (C=O) groups excluding carboxylic acids is 1. The summed E-state index contributed by atoms with van der Waals surface area (Å²) >= 11 is 0. The van der Waals surface area contributed by atoms with Crippen molar-refractivity contribution in [2.75, 3.05) is 0 Å². The van der Waals surface area contributed by atoms with Gasteiger partial charge in [0.1, 0.15) is 5.72 Å². The minimum atomic E-state index is -0.643. The van der Waals surface area contributed by atoms with Crippen LogP contribution in [-0.2, 0) is 9.53 Å². The summed E-state index contributed by atoms with van der Waals surface area (Å²) in [5.74, 6) is 0.113. The largest absolute Gasteiger partial charge is 0.339 e. The summed E-state index contributed by atoms with van der Waals surface area (Å²) in [5.41, 5.74) is -1.19. The van der Waals surface area contributed by atoms with Gasteiger partial charge in [-0.1, -0.05) is 6.42 Å². The van der Waals surface area contributed by atoms with Crippen molar-refractivity contribution >= 4 is 5.91 Å². The average molecular weight is 280 g/mol. The van der Waals surface area contributed by atoms with Gasteiger partial charge in [-0.25, -0.2) is 0 Å². The molecule has 4 heteroatoms. The van der Waals surface area contributed by atoms with Crippen molar-refractivity contribution in [1.29, 1.82) is 0 Å². The van der Waals surface area contributed by atoms with Crippen LogP contribution < -0.4 is 10.6 Å². The van der Waals surface area contributed by atoms with Crippen molar-refractivity contribution < 1.29 is 9.53 Å². The number of piperidine rings is 1. The molecule has 2 spiro atoms. The Balaban J connectivity index is 1.90. The molecule has 2 N–H and O–H groups in total. The third kappa shape index (κ3) is 2.37. The van der Waals surface area contributed by atoms with Crippen molar-refractivity contribution in [2.24, 2.45) is 0 Å². The number of carbonyl (C=O) groups is 1. The Kier molecular flexibility index (Phi) is 3.01. The van der Waals surface area contributed by atoms with Gasteiger partial charge >= 0.3 is 0 Å². The maximum absolute atomic E-state index is 12.7. The van der Waals surface area contributed by atoms with Gasteiger partial charge < -0.3 is 15.4 Å². The van der Waals surface area contributed by atoms with E-state index in [0.717, 1.165) is 38.5 Å². The molecule has 0 aromatic carbocycles. The Bertz CT molecular complexity index is 406. The third-order valence-electron chi connectivity index (χ3n) is 4.94. The number of ether oxygens (including phenoxy) is 1. The Morgan fingerprint density at radius 3 is 2.05 bits per heavy atom. The van der Waals surface area contributed by atoms with Crippen molar-refractivity contribution in [3.63, 3.8) is 0 Å². The van der Waals surface area contributed by atoms with Crippen LogP contribution in [0.2, 0.25) is 0 Å². The number of amides is 1. The molecule has 114 valence electrons. The standard InChI is InChI=1S/C16H28N2O2/c1-13(2)10-15(11-14(3,4)18-13)12(19)17-16(20-15)8-6-5-7-9-16/h18H,5-11H2,1-4H3,(H,17,19). The molecule has 0 unspecified atom stereocenters. The van der Waals surface area contributed by atoms with Crippen molar-refractivity contribution in [1.82, 2.24) is 10.6 Å². The van der Waals surface area contributed by atoms with Gasteiger partial charge in [0.25, 0.3) is 5.91 Å². The van der Waals surface area contributed by atoms with E-state index < -0.39 is 5.60 Å². The molecular weight excluding hydrogens is 252 g/mol. The Labute approximate surface area is 122 Å². The molecule has 0 aromatic heterocycles. The van der Waals surface area contributed by atoms with Crippen LogP contribution in [-0.4, -0.2) is 28.3 Å². The van der Waals surface area contributed by atoms with Crippen LogP contribution >= 0.6 is 0 Å². The molecule has 2 aliphatic heterocycles. The minimum absolute atomic E-state index is 0.0840. The molecule has 3 rings (SSSR count). The van der Waals surface area contributed by atoms with Gasteiger partial charge in [0.2, 0.25) is 0 Å². The second-order valence-corrected chi connectivity index (χ2v) is 8.35. The highest BCUT2D eigenvalue weighted by Gasteiger charge is 2.61. The van der Waals surface area contributed by atoms with E-state index in [2.05, 4.69) is 38.3 Å². The van der Waals surface area contributed by atoms with Crippen LogP contribution in [0.4, 0.5) is 0 Å². The van der Waals surface area contributed by atoms with Crippen LogP contribution in [0.25, 0.3) is 0 Å². The SMILES string of the molecule is CC1(C)CC2(CC(C)(C)N1)OC1(CCCCC1)NC2=O. The first-order valence-corrected chi connectivity index (χ1v) is 7.98. The lowest BCUT2D eigenvalue weighted by atomic mass is 9.72. The van der Waals surface area contributed by atoms with E-state index in [1.165, 1.54) is 6.42 Å². The van der Waals surface area contributed by atoms with Crippen molar-refractivity contribution in [3.8, 4) is 0 Å². The highest BCUT2D eigenvalue weighted by Crippen LogP contribution is 2.47. The number of hydrogen-bond donors (Lipinski definition) is 2. The zero-order valence-electron chi connectivity index (χ0n) is 13.3. The summed E-state index contributed by atoms with van der Waals surface area (Å²) in [5, 5.41) is 6.85. The first-order valence-electron chi connectivity index (χ1n) is 7.98. The molecule has 2 heterocycles. The maximum atomic E-state index is 12.7. The molecule has 20 heavy (non-hydrogen) atoms. The predicted octanol–water partition coefficient (Wildman–Crippen LogP) is 2.47. The molecule has 0 radical (unpaired) electrons. The second kappa shape index (κ2) is 4.20. The van der Waals surface area contributed by atoms with Gasteiger partial charge in [-0.2, -0.15) is 0 Å². The van der Waals surface area contributed by atoms with E-state index in [9.17, 15) is 4.79 Å². The molecular formula is C16H28N2O2. The van der Waals surface area contributed by atoms with Crippen LogP contribution in [0.1, 0.15) is 72.6 Å². The van der Waals surface area contributed by atoms with Gasteiger partial charge in [0, 0.05) is 23.9 Å². The summed E-state index contributed by atoms with van der Waals surface area (Å²) in [6, 6.07) is 0. The average Bonchev–Trinajstić information content (AvgIpc) is 2.46. The lowest BCUT2D eigenvalue weighted by molar-refractivity contribution is -0.167. The van der Waals surface area contributed by atoms with E-state index in [1.807, 2.05) is 0 Å². The number of hydrogen-bond acceptors (Lipinski definition) is 3. The summed E-state index contributed by atoms with van der Waals surface area (Å²) in [4.78, 5) is 12.7. The molecule has 0 aromatic rings. The smallest absolute Gasteiger partial charge is 0.254 e. The lowest BCUT2D eigenvalue weighted by Gasteiger charge is -2.50. The monoisotopic (exact) mass is 280 g/mol. The van der Waals surface area contributed by atoms with E-state index in [0.29, 0.717) is 0 Å². The Hall–Kier alpha value is -0.610. The van der Waals surface area contributed by atoms with Crippen LogP contribution in [0, 0.1) is 0 Å².